The molecule has 2 heterocycles. The highest BCUT2D eigenvalue weighted by Gasteiger charge is 2.50. The number of benzene rings is 2. The van der Waals surface area contributed by atoms with Gasteiger partial charge in [-0.05, 0) is 110 Å². The van der Waals surface area contributed by atoms with Crippen LogP contribution in [0.3, 0.4) is 0 Å². The summed E-state index contributed by atoms with van der Waals surface area (Å²) in [6.07, 6.45) is 55.5. The average molecular weight is 733 g/mol. The zero-order valence-corrected chi connectivity index (χ0v) is 32.7. The Kier molecular flexibility index (Phi) is 8.98. The van der Waals surface area contributed by atoms with E-state index in [-0.39, 0.29) is 0 Å². The Balaban J connectivity index is 0.955. The van der Waals surface area contributed by atoms with E-state index in [9.17, 15) is 0 Å². The predicted octanol–water partition coefficient (Wildman–Crippen LogP) is 12.6. The Morgan fingerprint density at radius 2 is 1.46 bits per heavy atom. The van der Waals surface area contributed by atoms with Gasteiger partial charge in [-0.15, -0.1) is 0 Å². The largest absolute Gasteiger partial charge is 0.361 e. The number of allylic oxidation sites excluding steroid dienone is 15. The normalized spacial score (nSPS) is 36.3. The van der Waals surface area contributed by atoms with Crippen LogP contribution < -0.4 is 4.90 Å². The SMILES string of the molecule is C1=CCC(C2C=C(N3C4=C(C=CCC4C4=CC5C6C=CC=CC6N(c6cccc(-c7ccccc7)c6)C5CC4)C4C=CC=CC43)CC(C3CC=CCC3)C2)C=C1. The van der Waals surface area contributed by atoms with Crippen LogP contribution in [0.1, 0.15) is 57.8 Å². The first-order valence-corrected chi connectivity index (χ1v) is 22.0. The summed E-state index contributed by atoms with van der Waals surface area (Å²) in [6, 6.07) is 21.5. The first-order chi connectivity index (χ1) is 27.8. The topological polar surface area (TPSA) is 6.48 Å². The Morgan fingerprint density at radius 1 is 0.607 bits per heavy atom. The second-order valence-electron chi connectivity index (χ2n) is 18.1. The number of anilines is 1. The summed E-state index contributed by atoms with van der Waals surface area (Å²) in [4.78, 5) is 5.73. The monoisotopic (exact) mass is 732 g/mol. The fraction of sp³-hybridized carbons (Fsp3) is 0.370. The lowest BCUT2D eigenvalue weighted by molar-refractivity contribution is 0.200. The lowest BCUT2D eigenvalue weighted by atomic mass is 9.69. The van der Waals surface area contributed by atoms with E-state index < -0.39 is 0 Å². The van der Waals surface area contributed by atoms with Gasteiger partial charge in [0.2, 0.25) is 0 Å². The van der Waals surface area contributed by atoms with Crippen LogP contribution in [0, 0.1) is 47.3 Å². The molecule has 1 saturated heterocycles. The summed E-state index contributed by atoms with van der Waals surface area (Å²) in [5.74, 6) is 4.61. The Morgan fingerprint density at radius 3 is 2.34 bits per heavy atom. The zero-order valence-electron chi connectivity index (χ0n) is 32.7. The van der Waals surface area contributed by atoms with Crippen molar-refractivity contribution in [2.75, 3.05) is 4.90 Å². The maximum absolute atomic E-state index is 2.93. The third-order valence-electron chi connectivity index (χ3n) is 15.2. The van der Waals surface area contributed by atoms with E-state index >= 15 is 0 Å². The van der Waals surface area contributed by atoms with Gasteiger partial charge in [-0.2, -0.15) is 0 Å². The smallest absolute Gasteiger partial charge is 0.0623 e. The number of fused-ring (bicyclic) bond motifs is 5. The van der Waals surface area contributed by atoms with Crippen molar-refractivity contribution in [2.45, 2.75) is 75.9 Å². The van der Waals surface area contributed by atoms with Crippen molar-refractivity contribution >= 4 is 5.69 Å². The molecule has 2 nitrogen and oxygen atoms in total. The second-order valence-corrected chi connectivity index (χ2v) is 18.1. The summed E-state index contributed by atoms with van der Waals surface area (Å²) in [5.41, 5.74) is 10.5. The molecule has 2 aromatic rings. The molecule has 7 aliphatic carbocycles. The second kappa shape index (κ2) is 14.6. The molecule has 2 heteroatoms. The summed E-state index contributed by atoms with van der Waals surface area (Å²) in [5, 5.41) is 0. The van der Waals surface area contributed by atoms with Gasteiger partial charge in [-0.3, -0.25) is 0 Å². The van der Waals surface area contributed by atoms with E-state index in [1.807, 2.05) is 0 Å². The van der Waals surface area contributed by atoms with Gasteiger partial charge in [-0.25, -0.2) is 0 Å². The Hall–Kier alpha value is -4.82. The summed E-state index contributed by atoms with van der Waals surface area (Å²) in [7, 11) is 0. The molecule has 2 aromatic carbocycles. The van der Waals surface area contributed by atoms with Crippen LogP contribution in [0.5, 0.6) is 0 Å². The first-order valence-electron chi connectivity index (χ1n) is 22.0. The van der Waals surface area contributed by atoms with Crippen LogP contribution >= 0.6 is 0 Å². The van der Waals surface area contributed by atoms with E-state index in [0.29, 0.717) is 53.6 Å². The molecule has 11 unspecified atom stereocenters. The van der Waals surface area contributed by atoms with Gasteiger partial charge in [0.05, 0.1) is 12.1 Å². The van der Waals surface area contributed by atoms with Crippen molar-refractivity contribution in [1.29, 1.82) is 0 Å². The number of hydrogen-bond donors (Lipinski definition) is 0. The minimum atomic E-state index is 0.376. The van der Waals surface area contributed by atoms with Crippen molar-refractivity contribution in [3.8, 4) is 11.1 Å². The third kappa shape index (κ3) is 5.98. The van der Waals surface area contributed by atoms with E-state index in [1.165, 1.54) is 68.2 Å². The molecule has 11 rings (SSSR count). The van der Waals surface area contributed by atoms with Gasteiger partial charge in [-0.1, -0.05) is 157 Å². The van der Waals surface area contributed by atoms with Gasteiger partial charge in [0.15, 0.2) is 0 Å². The Bertz CT molecular complexity index is 2180. The molecule has 0 bridgehead atoms. The molecule has 282 valence electrons. The van der Waals surface area contributed by atoms with Gasteiger partial charge < -0.3 is 9.80 Å². The van der Waals surface area contributed by atoms with Crippen molar-refractivity contribution in [1.82, 2.24) is 4.90 Å². The van der Waals surface area contributed by atoms with Gasteiger partial charge in [0.1, 0.15) is 0 Å². The van der Waals surface area contributed by atoms with E-state index in [0.717, 1.165) is 18.3 Å². The molecule has 56 heavy (non-hydrogen) atoms. The van der Waals surface area contributed by atoms with E-state index in [4.69, 9.17) is 0 Å². The molecular weight excluding hydrogens is 677 g/mol. The minimum Gasteiger partial charge on any atom is -0.361 e. The fourth-order valence-corrected chi connectivity index (χ4v) is 12.6. The van der Waals surface area contributed by atoms with Crippen molar-refractivity contribution in [3.05, 3.63) is 187 Å². The summed E-state index contributed by atoms with van der Waals surface area (Å²) >= 11 is 0. The summed E-state index contributed by atoms with van der Waals surface area (Å²) < 4.78 is 0. The highest BCUT2D eigenvalue weighted by molar-refractivity contribution is 5.70. The standard InChI is InChI=1S/C54H56N2/c1-4-16-37(17-5-1)40-22-14-23-44(33-40)55-51-28-12-11-25-48(51)50-36-41(30-31-53(50)55)46-26-15-27-49-47-24-10-13-29-52(47)56(54(46)49)45-34-42(38-18-6-2-7-19-38)32-43(35-45)39-20-8-3-9-21-39/h1-8,10-18,22-25,27-29,33-34,36,38-39,42-43,46-48,50-53H,9,19-21,26,30-32,35H2. The summed E-state index contributed by atoms with van der Waals surface area (Å²) in [6.45, 7) is 0. The van der Waals surface area contributed by atoms with Crippen LogP contribution in [0.25, 0.3) is 11.1 Å². The molecule has 1 fully saturated rings. The fourth-order valence-electron chi connectivity index (χ4n) is 12.6. The highest BCUT2D eigenvalue weighted by Crippen LogP contribution is 2.55. The molecule has 0 amide bonds. The molecule has 11 atom stereocenters. The molecule has 2 aliphatic heterocycles. The quantitative estimate of drug-likeness (QED) is 0.273. The maximum atomic E-state index is 2.93. The molecule has 0 saturated carbocycles. The zero-order chi connectivity index (χ0) is 37.0. The number of hydrogen-bond acceptors (Lipinski definition) is 2. The average Bonchev–Trinajstić information content (AvgIpc) is 3.80. The van der Waals surface area contributed by atoms with Crippen LogP contribution in [0.15, 0.2) is 187 Å². The maximum Gasteiger partial charge on any atom is 0.0623 e. The van der Waals surface area contributed by atoms with Crippen molar-refractivity contribution < 1.29 is 0 Å². The lowest BCUT2D eigenvalue weighted by Gasteiger charge is -2.44. The highest BCUT2D eigenvalue weighted by atomic mass is 15.2. The first kappa shape index (κ1) is 34.4. The lowest BCUT2D eigenvalue weighted by Crippen LogP contribution is -2.40. The molecule has 0 spiro atoms. The van der Waals surface area contributed by atoms with Crippen LogP contribution in [-0.2, 0) is 0 Å². The third-order valence-corrected chi connectivity index (χ3v) is 15.2. The van der Waals surface area contributed by atoms with E-state index in [1.54, 1.807) is 22.5 Å². The van der Waals surface area contributed by atoms with Gasteiger partial charge in [0, 0.05) is 46.8 Å². The Labute approximate surface area is 335 Å². The van der Waals surface area contributed by atoms with Crippen LogP contribution in [0.2, 0.25) is 0 Å². The van der Waals surface area contributed by atoms with Crippen molar-refractivity contribution in [2.24, 2.45) is 47.3 Å². The van der Waals surface area contributed by atoms with Gasteiger partial charge in [0.25, 0.3) is 0 Å². The predicted molar refractivity (Wildman–Crippen MR) is 233 cm³/mol. The number of rotatable bonds is 6. The molecular formula is C54H56N2. The van der Waals surface area contributed by atoms with Crippen molar-refractivity contribution in [3.63, 3.8) is 0 Å². The molecule has 0 radical (unpaired) electrons. The van der Waals surface area contributed by atoms with E-state index in [2.05, 4.69) is 174 Å². The molecule has 9 aliphatic rings. The van der Waals surface area contributed by atoms with Crippen LogP contribution in [0.4, 0.5) is 5.69 Å². The van der Waals surface area contributed by atoms with Crippen LogP contribution in [-0.4, -0.2) is 23.0 Å². The minimum absolute atomic E-state index is 0.376. The molecule has 0 N–H and O–H groups in total. The van der Waals surface area contributed by atoms with Gasteiger partial charge >= 0.3 is 0 Å². The molecule has 0 aromatic heterocycles. The number of nitrogens with zero attached hydrogens (tertiary/aromatic N) is 2.